The van der Waals surface area contributed by atoms with Crippen LogP contribution in [0, 0.1) is 20.8 Å². The van der Waals surface area contributed by atoms with Crippen LogP contribution in [0.4, 0.5) is 0 Å². The van der Waals surface area contributed by atoms with Crippen molar-refractivity contribution in [3.05, 3.63) is 57.6 Å². The molecule has 0 saturated heterocycles. The van der Waals surface area contributed by atoms with E-state index >= 15 is 0 Å². The summed E-state index contributed by atoms with van der Waals surface area (Å²) in [7, 11) is 0. The van der Waals surface area contributed by atoms with E-state index in [1.807, 2.05) is 19.1 Å². The van der Waals surface area contributed by atoms with Gasteiger partial charge in [-0.1, -0.05) is 29.8 Å². The van der Waals surface area contributed by atoms with Gasteiger partial charge in [-0.25, -0.2) is 0 Å². The molecule has 0 atom stereocenters. The van der Waals surface area contributed by atoms with E-state index in [0.717, 1.165) is 28.2 Å². The molecule has 0 aliphatic rings. The molecule has 3 heteroatoms. The van der Waals surface area contributed by atoms with Crippen LogP contribution in [-0.2, 0) is 5.88 Å². The first kappa shape index (κ1) is 14.2. The van der Waals surface area contributed by atoms with Crippen molar-refractivity contribution in [3.8, 4) is 11.5 Å². The molecule has 0 bridgehead atoms. The normalized spacial score (nSPS) is 10.6. The average molecular weight is 295 g/mol. The van der Waals surface area contributed by atoms with Crippen LogP contribution in [0.5, 0.6) is 11.5 Å². The third-order valence-corrected chi connectivity index (χ3v) is 3.90. The fourth-order valence-electron chi connectivity index (χ4n) is 1.90. The minimum atomic E-state index is 0.404. The van der Waals surface area contributed by atoms with Crippen molar-refractivity contribution in [2.75, 3.05) is 0 Å². The van der Waals surface area contributed by atoms with Crippen LogP contribution in [0.2, 0.25) is 5.02 Å². The highest BCUT2D eigenvalue weighted by atomic mass is 35.5. The summed E-state index contributed by atoms with van der Waals surface area (Å²) >= 11 is 11.9. The second-order valence-corrected chi connectivity index (χ2v) is 5.32. The molecule has 1 nitrogen and oxygen atoms in total. The van der Waals surface area contributed by atoms with Crippen molar-refractivity contribution in [2.24, 2.45) is 0 Å². The van der Waals surface area contributed by atoms with Crippen molar-refractivity contribution < 1.29 is 4.74 Å². The Kier molecular flexibility index (Phi) is 4.38. The minimum Gasteiger partial charge on any atom is -0.457 e. The van der Waals surface area contributed by atoms with E-state index in [-0.39, 0.29) is 0 Å². The van der Waals surface area contributed by atoms with Crippen LogP contribution in [-0.4, -0.2) is 0 Å². The molecular weight excluding hydrogens is 279 g/mol. The van der Waals surface area contributed by atoms with Gasteiger partial charge < -0.3 is 4.74 Å². The third kappa shape index (κ3) is 3.05. The van der Waals surface area contributed by atoms with E-state index in [9.17, 15) is 0 Å². The summed E-state index contributed by atoms with van der Waals surface area (Å²) in [5, 5.41) is 0.635. The van der Waals surface area contributed by atoms with Crippen molar-refractivity contribution in [1.82, 2.24) is 0 Å². The molecule has 19 heavy (non-hydrogen) atoms. The van der Waals surface area contributed by atoms with E-state index in [0.29, 0.717) is 10.9 Å². The molecule has 0 spiro atoms. The molecule has 0 radical (unpaired) electrons. The SMILES string of the molecule is Cc1ccc(C)c(Oc2ccc(CCl)c(Cl)c2)c1C. The smallest absolute Gasteiger partial charge is 0.133 e. The molecule has 0 aromatic heterocycles. The fourth-order valence-corrected chi connectivity index (χ4v) is 2.44. The molecule has 0 unspecified atom stereocenters. The van der Waals surface area contributed by atoms with Crippen LogP contribution in [0.25, 0.3) is 0 Å². The van der Waals surface area contributed by atoms with E-state index in [1.165, 1.54) is 5.56 Å². The highest BCUT2D eigenvalue weighted by Gasteiger charge is 2.09. The maximum Gasteiger partial charge on any atom is 0.133 e. The highest BCUT2D eigenvalue weighted by Crippen LogP contribution is 2.32. The first-order valence-electron chi connectivity index (χ1n) is 6.12. The maximum atomic E-state index is 6.14. The number of halogens is 2. The molecule has 0 amide bonds. The number of aryl methyl sites for hydroxylation is 2. The summed E-state index contributed by atoms with van der Waals surface area (Å²) in [4.78, 5) is 0. The molecule has 0 aliphatic carbocycles. The lowest BCUT2D eigenvalue weighted by atomic mass is 10.1. The highest BCUT2D eigenvalue weighted by molar-refractivity contribution is 6.32. The summed E-state index contributed by atoms with van der Waals surface area (Å²) in [6, 6.07) is 9.75. The number of alkyl halides is 1. The van der Waals surface area contributed by atoms with Gasteiger partial charge in [-0.05, 0) is 55.2 Å². The molecular formula is C16H16Cl2O. The quantitative estimate of drug-likeness (QED) is 0.650. The molecule has 100 valence electrons. The molecule has 2 rings (SSSR count). The standard InChI is InChI=1S/C16H16Cl2O/c1-10-4-5-11(2)16(12(10)3)19-14-7-6-13(9-17)15(18)8-14/h4-8H,9H2,1-3H3. The van der Waals surface area contributed by atoms with E-state index < -0.39 is 0 Å². The van der Waals surface area contributed by atoms with Gasteiger partial charge in [0.1, 0.15) is 11.5 Å². The Morgan fingerprint density at radius 3 is 2.32 bits per heavy atom. The van der Waals surface area contributed by atoms with Gasteiger partial charge in [0.05, 0.1) is 0 Å². The molecule has 2 aromatic carbocycles. The van der Waals surface area contributed by atoms with Gasteiger partial charge in [0, 0.05) is 10.9 Å². The van der Waals surface area contributed by atoms with Gasteiger partial charge in [-0.15, -0.1) is 11.6 Å². The molecule has 0 heterocycles. The number of benzene rings is 2. The summed E-state index contributed by atoms with van der Waals surface area (Å²) < 4.78 is 5.97. The zero-order valence-corrected chi connectivity index (χ0v) is 12.8. The number of rotatable bonds is 3. The lowest BCUT2D eigenvalue weighted by molar-refractivity contribution is 0.474. The zero-order chi connectivity index (χ0) is 14.0. The number of ether oxygens (including phenoxy) is 1. The van der Waals surface area contributed by atoms with Crippen LogP contribution in [0.1, 0.15) is 22.3 Å². The molecule has 0 saturated carbocycles. The van der Waals surface area contributed by atoms with Crippen LogP contribution in [0.15, 0.2) is 30.3 Å². The van der Waals surface area contributed by atoms with Gasteiger partial charge in [0.15, 0.2) is 0 Å². The summed E-state index contributed by atoms with van der Waals surface area (Å²) in [6.07, 6.45) is 0. The average Bonchev–Trinajstić information content (AvgIpc) is 2.39. The number of hydrogen-bond acceptors (Lipinski definition) is 1. The Balaban J connectivity index is 2.36. The molecule has 0 aliphatic heterocycles. The number of hydrogen-bond donors (Lipinski definition) is 0. The van der Waals surface area contributed by atoms with Gasteiger partial charge >= 0.3 is 0 Å². The third-order valence-electron chi connectivity index (χ3n) is 3.26. The first-order chi connectivity index (χ1) is 9.02. The van der Waals surface area contributed by atoms with Crippen molar-refractivity contribution in [2.45, 2.75) is 26.7 Å². The Morgan fingerprint density at radius 2 is 1.68 bits per heavy atom. The van der Waals surface area contributed by atoms with Crippen LogP contribution < -0.4 is 4.74 Å². The van der Waals surface area contributed by atoms with Crippen molar-refractivity contribution in [3.63, 3.8) is 0 Å². The van der Waals surface area contributed by atoms with Crippen molar-refractivity contribution in [1.29, 1.82) is 0 Å². The second-order valence-electron chi connectivity index (χ2n) is 4.64. The fraction of sp³-hybridized carbons (Fsp3) is 0.250. The predicted octanol–water partition coefficient (Wildman–Crippen LogP) is 5.80. The summed E-state index contributed by atoms with van der Waals surface area (Å²) in [5.74, 6) is 2.03. The van der Waals surface area contributed by atoms with Crippen LogP contribution in [0.3, 0.4) is 0 Å². The van der Waals surface area contributed by atoms with Gasteiger partial charge in [0.25, 0.3) is 0 Å². The van der Waals surface area contributed by atoms with Crippen molar-refractivity contribution >= 4 is 23.2 Å². The van der Waals surface area contributed by atoms with Crippen LogP contribution >= 0.6 is 23.2 Å². The molecule has 0 fully saturated rings. The molecule has 0 N–H and O–H groups in total. The zero-order valence-electron chi connectivity index (χ0n) is 11.3. The predicted molar refractivity (Wildman–Crippen MR) is 81.7 cm³/mol. The van der Waals surface area contributed by atoms with E-state index in [2.05, 4.69) is 26.0 Å². The second kappa shape index (κ2) is 5.85. The van der Waals surface area contributed by atoms with Gasteiger partial charge in [-0.3, -0.25) is 0 Å². The van der Waals surface area contributed by atoms with E-state index in [4.69, 9.17) is 27.9 Å². The topological polar surface area (TPSA) is 9.23 Å². The maximum absolute atomic E-state index is 6.14. The summed E-state index contributed by atoms with van der Waals surface area (Å²) in [5.41, 5.74) is 4.38. The monoisotopic (exact) mass is 294 g/mol. The summed E-state index contributed by atoms with van der Waals surface area (Å²) in [6.45, 7) is 6.17. The Bertz CT molecular complexity index is 606. The first-order valence-corrected chi connectivity index (χ1v) is 7.03. The van der Waals surface area contributed by atoms with Gasteiger partial charge in [0.2, 0.25) is 0 Å². The Labute approximate surface area is 124 Å². The lowest BCUT2D eigenvalue weighted by Gasteiger charge is -2.14. The molecule has 2 aromatic rings. The van der Waals surface area contributed by atoms with E-state index in [1.54, 1.807) is 6.07 Å². The minimum absolute atomic E-state index is 0.404. The largest absolute Gasteiger partial charge is 0.457 e. The van der Waals surface area contributed by atoms with Gasteiger partial charge in [-0.2, -0.15) is 0 Å². The lowest BCUT2D eigenvalue weighted by Crippen LogP contribution is -1.94. The Hall–Kier alpha value is -1.18. The Morgan fingerprint density at radius 1 is 1.00 bits per heavy atom.